The molecule has 0 amide bonds. The maximum atomic E-state index is 10.2. The van der Waals surface area contributed by atoms with E-state index < -0.39 is 0 Å². The SMILES string of the molecule is C/C(=N\NC(=S)NC[C@H]1CCCO1)c1ccc(O)c(CN2CCCCC2)c1. The Kier molecular flexibility index (Phi) is 7.43. The third kappa shape index (κ3) is 6.16. The van der Waals surface area contributed by atoms with Crippen molar-refractivity contribution in [2.45, 2.75) is 51.7 Å². The zero-order chi connectivity index (χ0) is 19.1. The highest BCUT2D eigenvalue weighted by Crippen LogP contribution is 2.22. The fourth-order valence-corrected chi connectivity index (χ4v) is 3.68. The molecule has 27 heavy (non-hydrogen) atoms. The molecule has 0 aromatic heterocycles. The van der Waals surface area contributed by atoms with Crippen molar-refractivity contribution in [3.05, 3.63) is 29.3 Å². The second kappa shape index (κ2) is 10.0. The van der Waals surface area contributed by atoms with Crippen molar-refractivity contribution in [2.24, 2.45) is 5.10 Å². The van der Waals surface area contributed by atoms with Crippen LogP contribution in [0.5, 0.6) is 5.75 Å². The van der Waals surface area contributed by atoms with E-state index in [1.54, 1.807) is 6.07 Å². The quantitative estimate of drug-likeness (QED) is 0.394. The van der Waals surface area contributed by atoms with E-state index in [1.807, 2.05) is 19.1 Å². The van der Waals surface area contributed by atoms with Crippen molar-refractivity contribution in [1.29, 1.82) is 0 Å². The minimum atomic E-state index is 0.240. The van der Waals surface area contributed by atoms with E-state index in [0.717, 1.165) is 55.9 Å². The van der Waals surface area contributed by atoms with Gasteiger partial charge in [0.05, 0.1) is 11.8 Å². The van der Waals surface area contributed by atoms with E-state index in [-0.39, 0.29) is 6.10 Å². The largest absolute Gasteiger partial charge is 0.508 e. The van der Waals surface area contributed by atoms with Gasteiger partial charge in [-0.3, -0.25) is 10.3 Å². The topological polar surface area (TPSA) is 69.1 Å². The van der Waals surface area contributed by atoms with Crippen LogP contribution in [0, 0.1) is 0 Å². The molecule has 0 aliphatic carbocycles. The molecule has 7 heteroatoms. The fourth-order valence-electron chi connectivity index (χ4n) is 3.55. The van der Waals surface area contributed by atoms with E-state index in [2.05, 4.69) is 20.7 Å². The van der Waals surface area contributed by atoms with Gasteiger partial charge in [-0.1, -0.05) is 6.42 Å². The average molecular weight is 391 g/mol. The van der Waals surface area contributed by atoms with Crippen molar-refractivity contribution >= 4 is 23.0 Å². The van der Waals surface area contributed by atoms with Gasteiger partial charge in [0.25, 0.3) is 0 Å². The van der Waals surface area contributed by atoms with E-state index in [1.165, 1.54) is 19.3 Å². The van der Waals surface area contributed by atoms with Gasteiger partial charge in [0.15, 0.2) is 5.11 Å². The lowest BCUT2D eigenvalue weighted by Crippen LogP contribution is -2.37. The first-order valence-electron chi connectivity index (χ1n) is 9.86. The van der Waals surface area contributed by atoms with Crippen LogP contribution in [-0.4, -0.2) is 53.2 Å². The second-order valence-electron chi connectivity index (χ2n) is 7.33. The molecule has 1 atom stereocenters. The van der Waals surface area contributed by atoms with Gasteiger partial charge in [-0.05, 0) is 81.7 Å². The van der Waals surface area contributed by atoms with Crippen LogP contribution >= 0.6 is 12.2 Å². The fraction of sp³-hybridized carbons (Fsp3) is 0.600. The normalized spacial score (nSPS) is 21.2. The second-order valence-corrected chi connectivity index (χ2v) is 7.74. The van der Waals surface area contributed by atoms with Gasteiger partial charge in [0.2, 0.25) is 0 Å². The zero-order valence-electron chi connectivity index (χ0n) is 16.0. The molecular weight excluding hydrogens is 360 g/mol. The Balaban J connectivity index is 1.54. The van der Waals surface area contributed by atoms with Gasteiger partial charge in [-0.25, -0.2) is 0 Å². The van der Waals surface area contributed by atoms with Crippen LogP contribution in [0.2, 0.25) is 0 Å². The monoisotopic (exact) mass is 390 g/mol. The minimum Gasteiger partial charge on any atom is -0.508 e. The number of phenols is 1. The van der Waals surface area contributed by atoms with Crippen LogP contribution in [0.3, 0.4) is 0 Å². The van der Waals surface area contributed by atoms with Crippen LogP contribution in [0.15, 0.2) is 23.3 Å². The average Bonchev–Trinajstić information content (AvgIpc) is 3.20. The molecule has 6 nitrogen and oxygen atoms in total. The minimum absolute atomic E-state index is 0.240. The highest BCUT2D eigenvalue weighted by Gasteiger charge is 2.15. The van der Waals surface area contributed by atoms with Gasteiger partial charge in [0.1, 0.15) is 5.75 Å². The number of likely N-dealkylation sites (tertiary alicyclic amines) is 1. The molecule has 0 radical (unpaired) electrons. The summed E-state index contributed by atoms with van der Waals surface area (Å²) in [6, 6.07) is 5.66. The summed E-state index contributed by atoms with van der Waals surface area (Å²) in [4.78, 5) is 2.40. The van der Waals surface area contributed by atoms with Gasteiger partial charge < -0.3 is 15.2 Å². The molecule has 3 N–H and O–H groups in total. The molecule has 0 spiro atoms. The van der Waals surface area contributed by atoms with Crippen molar-refractivity contribution in [1.82, 2.24) is 15.6 Å². The lowest BCUT2D eigenvalue weighted by Gasteiger charge is -2.26. The molecule has 2 saturated heterocycles. The Morgan fingerprint density at radius 1 is 1.30 bits per heavy atom. The molecule has 0 bridgehead atoms. The van der Waals surface area contributed by atoms with Gasteiger partial charge in [-0.2, -0.15) is 5.10 Å². The van der Waals surface area contributed by atoms with E-state index in [4.69, 9.17) is 17.0 Å². The van der Waals surface area contributed by atoms with Crippen molar-refractivity contribution < 1.29 is 9.84 Å². The number of hydrazone groups is 1. The summed E-state index contributed by atoms with van der Waals surface area (Å²) in [5.41, 5.74) is 5.66. The molecule has 2 aliphatic rings. The number of hydrogen-bond acceptors (Lipinski definition) is 5. The molecule has 148 valence electrons. The molecular formula is C20H30N4O2S. The smallest absolute Gasteiger partial charge is 0.187 e. The van der Waals surface area contributed by atoms with Crippen LogP contribution in [0.4, 0.5) is 0 Å². The molecule has 0 unspecified atom stereocenters. The maximum absolute atomic E-state index is 10.2. The molecule has 1 aromatic carbocycles. The first-order chi connectivity index (χ1) is 13.1. The predicted molar refractivity (Wildman–Crippen MR) is 112 cm³/mol. The molecule has 0 saturated carbocycles. The summed E-state index contributed by atoms with van der Waals surface area (Å²) >= 11 is 5.28. The Labute approximate surface area is 167 Å². The van der Waals surface area contributed by atoms with Gasteiger partial charge in [0, 0.05) is 25.3 Å². The Morgan fingerprint density at radius 3 is 2.85 bits per heavy atom. The zero-order valence-corrected chi connectivity index (χ0v) is 16.9. The summed E-state index contributed by atoms with van der Waals surface area (Å²) in [6.07, 6.45) is 6.21. The van der Waals surface area contributed by atoms with Crippen LogP contribution in [0.25, 0.3) is 0 Å². The Hall–Kier alpha value is -1.70. The standard InChI is InChI=1S/C20H30N4O2S/c1-15(22-23-20(27)21-13-18-6-5-11-26-18)16-7-8-19(25)17(12-16)14-24-9-3-2-4-10-24/h7-8,12,18,25H,2-6,9-11,13-14H2,1H3,(H2,21,23,27)/b22-15+/t18-/m1/s1. The van der Waals surface area contributed by atoms with Crippen molar-refractivity contribution in [3.8, 4) is 5.75 Å². The highest BCUT2D eigenvalue weighted by atomic mass is 32.1. The number of aromatic hydroxyl groups is 1. The maximum Gasteiger partial charge on any atom is 0.187 e. The van der Waals surface area contributed by atoms with Gasteiger partial charge in [-0.15, -0.1) is 0 Å². The Bertz CT molecular complexity index is 668. The van der Waals surface area contributed by atoms with Gasteiger partial charge >= 0.3 is 0 Å². The molecule has 2 aliphatic heterocycles. The van der Waals surface area contributed by atoms with Crippen molar-refractivity contribution in [2.75, 3.05) is 26.2 Å². The van der Waals surface area contributed by atoms with Crippen molar-refractivity contribution in [3.63, 3.8) is 0 Å². The predicted octanol–water partition coefficient (Wildman–Crippen LogP) is 2.75. The van der Waals surface area contributed by atoms with E-state index in [0.29, 0.717) is 17.4 Å². The number of phenolic OH excluding ortho intramolecular Hbond substituents is 1. The lowest BCUT2D eigenvalue weighted by molar-refractivity contribution is 0.114. The number of ether oxygens (including phenoxy) is 1. The summed E-state index contributed by atoms with van der Waals surface area (Å²) in [6.45, 7) is 6.46. The third-order valence-electron chi connectivity index (χ3n) is 5.18. The number of benzene rings is 1. The number of thiocarbonyl (C=S) groups is 1. The summed E-state index contributed by atoms with van der Waals surface area (Å²) in [7, 11) is 0. The lowest BCUT2D eigenvalue weighted by atomic mass is 10.0. The summed E-state index contributed by atoms with van der Waals surface area (Å²) in [5, 5.41) is 18.2. The number of piperidine rings is 1. The summed E-state index contributed by atoms with van der Waals surface area (Å²) < 4.78 is 5.57. The molecule has 2 fully saturated rings. The van der Waals surface area contributed by atoms with Crippen LogP contribution < -0.4 is 10.7 Å². The van der Waals surface area contributed by atoms with Crippen LogP contribution in [-0.2, 0) is 11.3 Å². The highest BCUT2D eigenvalue weighted by molar-refractivity contribution is 7.80. The molecule has 1 aromatic rings. The number of nitrogens with one attached hydrogen (secondary N) is 2. The van der Waals surface area contributed by atoms with Crippen LogP contribution in [0.1, 0.15) is 50.2 Å². The number of nitrogens with zero attached hydrogens (tertiary/aromatic N) is 2. The van der Waals surface area contributed by atoms with E-state index in [9.17, 15) is 5.11 Å². The Morgan fingerprint density at radius 2 is 2.11 bits per heavy atom. The summed E-state index contributed by atoms with van der Waals surface area (Å²) in [5.74, 6) is 0.346. The molecule has 2 heterocycles. The van der Waals surface area contributed by atoms with E-state index >= 15 is 0 Å². The third-order valence-corrected chi connectivity index (χ3v) is 5.41. The first kappa shape index (κ1) is 20.0. The first-order valence-corrected chi connectivity index (χ1v) is 10.3. The number of rotatable bonds is 6. The molecule has 3 rings (SSSR count). The number of hydrogen-bond donors (Lipinski definition) is 3.